The van der Waals surface area contributed by atoms with E-state index in [1.165, 1.54) is 12.1 Å². The number of amides is 3. The highest BCUT2D eigenvalue weighted by molar-refractivity contribution is 5.94. The number of carbonyl (C=O) groups excluding carboxylic acids is 2. The molecule has 1 heterocycles. The van der Waals surface area contributed by atoms with Gasteiger partial charge in [-0.25, -0.2) is 19.1 Å². The van der Waals surface area contributed by atoms with Crippen molar-refractivity contribution < 1.29 is 28.3 Å². The number of anilines is 1. The van der Waals surface area contributed by atoms with Gasteiger partial charge in [0, 0.05) is 30.4 Å². The molecule has 34 heavy (non-hydrogen) atoms. The first-order valence-corrected chi connectivity index (χ1v) is 10.7. The Hall–Kier alpha value is -3.82. The van der Waals surface area contributed by atoms with Crippen molar-refractivity contribution in [3.05, 3.63) is 89.5 Å². The number of rotatable bonds is 5. The zero-order valence-corrected chi connectivity index (χ0v) is 18.2. The smallest absolute Gasteiger partial charge is 0.324 e. The van der Waals surface area contributed by atoms with Crippen LogP contribution in [0.3, 0.4) is 0 Å². The monoisotopic (exact) mass is 467 g/mol. The van der Waals surface area contributed by atoms with Gasteiger partial charge in [0.2, 0.25) is 0 Å². The van der Waals surface area contributed by atoms with E-state index in [1.54, 1.807) is 63.8 Å². The molecule has 3 aromatic rings. The van der Waals surface area contributed by atoms with Gasteiger partial charge in [-0.05, 0) is 53.1 Å². The molecule has 3 aromatic carbocycles. The highest BCUT2D eigenvalue weighted by Crippen LogP contribution is 2.28. The molecule has 7 nitrogen and oxygen atoms in total. The first kappa shape index (κ1) is 23.3. The Bertz CT molecular complexity index is 1160. The SMILES string of the molecule is O=C(NO)c1ccc(CN(C(=O)N2CCOCC2)c2cccc(-c3cc(F)cc(F)c3)c2)cc1. The minimum absolute atomic E-state index is 0.193. The van der Waals surface area contributed by atoms with Gasteiger partial charge in [0.15, 0.2) is 0 Å². The predicted molar refractivity (Wildman–Crippen MR) is 121 cm³/mol. The van der Waals surface area contributed by atoms with Crippen molar-refractivity contribution in [3.8, 4) is 11.1 Å². The number of hydrogen-bond acceptors (Lipinski definition) is 4. The van der Waals surface area contributed by atoms with E-state index in [2.05, 4.69) is 0 Å². The van der Waals surface area contributed by atoms with E-state index in [9.17, 15) is 18.4 Å². The molecule has 176 valence electrons. The van der Waals surface area contributed by atoms with Crippen molar-refractivity contribution >= 4 is 17.6 Å². The second kappa shape index (κ2) is 10.4. The summed E-state index contributed by atoms with van der Waals surface area (Å²) in [6, 6.07) is 16.4. The largest absolute Gasteiger partial charge is 0.378 e. The number of morpholine rings is 1. The number of nitrogens with zero attached hydrogens (tertiary/aromatic N) is 2. The number of carbonyl (C=O) groups is 2. The molecule has 0 saturated carbocycles. The maximum Gasteiger partial charge on any atom is 0.324 e. The van der Waals surface area contributed by atoms with Crippen LogP contribution in [-0.4, -0.2) is 48.3 Å². The normalized spacial score (nSPS) is 13.4. The highest BCUT2D eigenvalue weighted by atomic mass is 19.1. The molecule has 0 bridgehead atoms. The van der Waals surface area contributed by atoms with Gasteiger partial charge >= 0.3 is 6.03 Å². The van der Waals surface area contributed by atoms with Crippen molar-refractivity contribution in [2.24, 2.45) is 0 Å². The molecule has 0 unspecified atom stereocenters. The quantitative estimate of drug-likeness (QED) is 0.435. The van der Waals surface area contributed by atoms with Crippen LogP contribution in [0.5, 0.6) is 0 Å². The molecule has 1 saturated heterocycles. The fourth-order valence-corrected chi connectivity index (χ4v) is 3.78. The Labute approximate surface area is 195 Å². The van der Waals surface area contributed by atoms with Gasteiger partial charge in [-0.1, -0.05) is 24.3 Å². The van der Waals surface area contributed by atoms with E-state index in [0.717, 1.165) is 11.6 Å². The van der Waals surface area contributed by atoms with Gasteiger partial charge < -0.3 is 9.64 Å². The van der Waals surface area contributed by atoms with Crippen LogP contribution in [0.4, 0.5) is 19.3 Å². The fraction of sp³-hybridized carbons (Fsp3) is 0.200. The lowest BCUT2D eigenvalue weighted by atomic mass is 10.0. The zero-order chi connectivity index (χ0) is 24.1. The Morgan fingerprint density at radius 3 is 2.26 bits per heavy atom. The molecule has 0 spiro atoms. The molecule has 1 fully saturated rings. The predicted octanol–water partition coefficient (Wildman–Crippen LogP) is 4.21. The van der Waals surface area contributed by atoms with Crippen LogP contribution < -0.4 is 10.4 Å². The number of urea groups is 1. The Morgan fingerprint density at radius 2 is 1.62 bits per heavy atom. The van der Waals surface area contributed by atoms with Gasteiger partial charge in [-0.3, -0.25) is 14.9 Å². The van der Waals surface area contributed by atoms with Crippen LogP contribution in [0.1, 0.15) is 15.9 Å². The van der Waals surface area contributed by atoms with Gasteiger partial charge in [0.1, 0.15) is 11.6 Å². The summed E-state index contributed by atoms with van der Waals surface area (Å²) < 4.78 is 32.9. The molecule has 0 atom stereocenters. The molecule has 0 aliphatic carbocycles. The van der Waals surface area contributed by atoms with E-state index in [4.69, 9.17) is 9.94 Å². The first-order chi connectivity index (χ1) is 16.4. The van der Waals surface area contributed by atoms with E-state index >= 15 is 0 Å². The average molecular weight is 467 g/mol. The van der Waals surface area contributed by atoms with E-state index in [1.807, 2.05) is 0 Å². The first-order valence-electron chi connectivity index (χ1n) is 10.7. The Balaban J connectivity index is 1.68. The summed E-state index contributed by atoms with van der Waals surface area (Å²) in [4.78, 5) is 28.3. The Kier molecular flexibility index (Phi) is 7.15. The maximum absolute atomic E-state index is 13.8. The maximum atomic E-state index is 13.8. The number of hydroxylamine groups is 1. The number of benzene rings is 3. The minimum atomic E-state index is -0.686. The molecular formula is C25H23F2N3O4. The lowest BCUT2D eigenvalue weighted by Crippen LogP contribution is -2.48. The van der Waals surface area contributed by atoms with Crippen LogP contribution in [0, 0.1) is 11.6 Å². The standard InChI is InChI=1S/C25H23F2N3O4/c26-21-12-20(13-22(27)15-21)19-2-1-3-23(14-19)30(25(32)29-8-10-34-11-9-29)16-17-4-6-18(7-5-17)24(31)28-33/h1-7,12-15,33H,8-11,16H2,(H,28,31). The highest BCUT2D eigenvalue weighted by Gasteiger charge is 2.25. The van der Waals surface area contributed by atoms with Gasteiger partial charge in [0.25, 0.3) is 5.91 Å². The molecule has 0 aromatic heterocycles. The third-order valence-corrected chi connectivity index (χ3v) is 5.52. The number of nitrogens with one attached hydrogen (secondary N) is 1. The lowest BCUT2D eigenvalue weighted by Gasteiger charge is -2.33. The van der Waals surface area contributed by atoms with E-state index in [0.29, 0.717) is 43.1 Å². The second-order valence-corrected chi connectivity index (χ2v) is 7.81. The topological polar surface area (TPSA) is 82.1 Å². The van der Waals surface area contributed by atoms with Crippen molar-refractivity contribution in [1.82, 2.24) is 10.4 Å². The Morgan fingerprint density at radius 1 is 0.941 bits per heavy atom. The average Bonchev–Trinajstić information content (AvgIpc) is 2.87. The second-order valence-electron chi connectivity index (χ2n) is 7.81. The van der Waals surface area contributed by atoms with Gasteiger partial charge in [-0.15, -0.1) is 0 Å². The summed E-state index contributed by atoms with van der Waals surface area (Å²) >= 11 is 0. The van der Waals surface area contributed by atoms with Crippen LogP contribution in [-0.2, 0) is 11.3 Å². The van der Waals surface area contributed by atoms with Gasteiger partial charge in [-0.2, -0.15) is 0 Å². The minimum Gasteiger partial charge on any atom is -0.378 e. The molecule has 0 radical (unpaired) electrons. The van der Waals surface area contributed by atoms with Crippen molar-refractivity contribution in [1.29, 1.82) is 0 Å². The third-order valence-electron chi connectivity index (χ3n) is 5.52. The summed E-state index contributed by atoms with van der Waals surface area (Å²) in [6.45, 7) is 1.96. The van der Waals surface area contributed by atoms with E-state index in [-0.39, 0.29) is 18.1 Å². The number of halogens is 2. The number of hydrogen-bond donors (Lipinski definition) is 2. The van der Waals surface area contributed by atoms with Crippen LogP contribution in [0.2, 0.25) is 0 Å². The third kappa shape index (κ3) is 5.38. The van der Waals surface area contributed by atoms with Crippen molar-refractivity contribution in [3.63, 3.8) is 0 Å². The molecule has 9 heteroatoms. The molecule has 1 aliphatic rings. The molecular weight excluding hydrogens is 444 g/mol. The van der Waals surface area contributed by atoms with Crippen LogP contribution in [0.25, 0.3) is 11.1 Å². The van der Waals surface area contributed by atoms with Crippen LogP contribution in [0.15, 0.2) is 66.7 Å². The summed E-state index contributed by atoms with van der Waals surface area (Å²) in [6.07, 6.45) is 0. The zero-order valence-electron chi connectivity index (χ0n) is 18.2. The molecule has 3 amide bonds. The summed E-state index contributed by atoms with van der Waals surface area (Å²) in [5.41, 5.74) is 4.07. The molecule has 1 aliphatic heterocycles. The van der Waals surface area contributed by atoms with Crippen LogP contribution >= 0.6 is 0 Å². The summed E-state index contributed by atoms with van der Waals surface area (Å²) in [5.74, 6) is -2.01. The molecule has 4 rings (SSSR count). The summed E-state index contributed by atoms with van der Waals surface area (Å²) in [5, 5.41) is 8.81. The summed E-state index contributed by atoms with van der Waals surface area (Å²) in [7, 11) is 0. The van der Waals surface area contributed by atoms with Gasteiger partial charge in [0.05, 0.1) is 19.8 Å². The van der Waals surface area contributed by atoms with E-state index < -0.39 is 17.5 Å². The molecule has 2 N–H and O–H groups in total. The number of ether oxygens (including phenoxy) is 1. The fourth-order valence-electron chi connectivity index (χ4n) is 3.78. The lowest BCUT2D eigenvalue weighted by molar-refractivity contribution is 0.0548. The van der Waals surface area contributed by atoms with Crippen molar-refractivity contribution in [2.45, 2.75) is 6.54 Å². The van der Waals surface area contributed by atoms with Crippen molar-refractivity contribution in [2.75, 3.05) is 31.2 Å².